The van der Waals surface area contributed by atoms with E-state index in [9.17, 15) is 14.4 Å². The van der Waals surface area contributed by atoms with Crippen molar-refractivity contribution in [3.63, 3.8) is 0 Å². The largest absolute Gasteiger partial charge is 0.370 e. The molecule has 3 amide bonds. The monoisotopic (exact) mass is 372 g/mol. The lowest BCUT2D eigenvalue weighted by molar-refractivity contribution is -0.134. The first-order chi connectivity index (χ1) is 13.0. The molecule has 0 aromatic heterocycles. The summed E-state index contributed by atoms with van der Waals surface area (Å²) in [6, 6.07) is 5.17. The smallest absolute Gasteiger partial charge is 0.248 e. The van der Waals surface area contributed by atoms with Crippen LogP contribution in [0.2, 0.25) is 0 Å². The van der Waals surface area contributed by atoms with Crippen LogP contribution in [0.5, 0.6) is 0 Å². The average molecular weight is 372 g/mol. The summed E-state index contributed by atoms with van der Waals surface area (Å²) in [6.45, 7) is 2.50. The van der Waals surface area contributed by atoms with Crippen LogP contribution in [0.3, 0.4) is 0 Å². The first-order valence-corrected chi connectivity index (χ1v) is 9.81. The van der Waals surface area contributed by atoms with E-state index in [0.717, 1.165) is 50.9 Å². The molecule has 3 rings (SSSR count). The van der Waals surface area contributed by atoms with E-state index in [1.165, 1.54) is 6.42 Å². The van der Waals surface area contributed by atoms with E-state index >= 15 is 0 Å². The number of amides is 3. The molecule has 1 aromatic rings. The number of likely N-dealkylation sites (tertiary alicyclic amines) is 1. The second-order valence-corrected chi connectivity index (χ2v) is 7.32. The summed E-state index contributed by atoms with van der Waals surface area (Å²) in [6.07, 6.45) is 6.74. The van der Waals surface area contributed by atoms with Crippen LogP contribution in [-0.2, 0) is 9.59 Å². The highest BCUT2D eigenvalue weighted by Gasteiger charge is 2.21. The lowest BCUT2D eigenvalue weighted by Crippen LogP contribution is -2.38. The zero-order chi connectivity index (χ0) is 19.2. The van der Waals surface area contributed by atoms with Crippen LogP contribution in [0.4, 0.5) is 11.4 Å². The van der Waals surface area contributed by atoms with Gasteiger partial charge in [-0.3, -0.25) is 14.4 Å². The normalized spacial score (nSPS) is 18.1. The van der Waals surface area contributed by atoms with Crippen LogP contribution in [0.15, 0.2) is 18.2 Å². The van der Waals surface area contributed by atoms with Gasteiger partial charge in [0, 0.05) is 31.6 Å². The highest BCUT2D eigenvalue weighted by molar-refractivity contribution is 6.00. The highest BCUT2D eigenvalue weighted by Crippen LogP contribution is 2.29. The fraction of sp³-hybridized carbons (Fsp3) is 0.550. The fourth-order valence-electron chi connectivity index (χ4n) is 3.77. The van der Waals surface area contributed by atoms with Crippen molar-refractivity contribution in [3.8, 4) is 0 Å². The van der Waals surface area contributed by atoms with Gasteiger partial charge in [-0.2, -0.15) is 0 Å². The van der Waals surface area contributed by atoms with Gasteiger partial charge in [0.2, 0.25) is 17.7 Å². The Bertz CT molecular complexity index is 713. The Labute approximate surface area is 159 Å². The quantitative estimate of drug-likeness (QED) is 0.827. The van der Waals surface area contributed by atoms with Crippen LogP contribution < -0.4 is 16.0 Å². The topological polar surface area (TPSA) is 95.7 Å². The molecule has 0 spiro atoms. The molecule has 3 N–H and O–H groups in total. The minimum absolute atomic E-state index is 0.0322. The lowest BCUT2D eigenvalue weighted by atomic mass is 10.1. The van der Waals surface area contributed by atoms with Crippen LogP contribution in [0.25, 0.3) is 0 Å². The molecule has 7 nitrogen and oxygen atoms in total. The maximum Gasteiger partial charge on any atom is 0.248 e. The molecule has 0 saturated carbocycles. The Morgan fingerprint density at radius 1 is 1.00 bits per heavy atom. The van der Waals surface area contributed by atoms with Crippen molar-refractivity contribution in [2.75, 3.05) is 36.4 Å². The Balaban J connectivity index is 1.76. The van der Waals surface area contributed by atoms with Gasteiger partial charge in [0.25, 0.3) is 0 Å². The first kappa shape index (κ1) is 19.2. The number of anilines is 2. The molecule has 0 radical (unpaired) electrons. The van der Waals surface area contributed by atoms with Crippen LogP contribution in [-0.4, -0.2) is 48.8 Å². The first-order valence-electron chi connectivity index (χ1n) is 9.81. The standard InChI is InChI=1S/C20H28N4O3/c21-20(27)15-8-9-17(23-10-5-2-6-11-23)16(13-15)22-18(25)14-24-12-4-1-3-7-19(24)26/h8-9,13H,1-7,10-12,14H2,(H2,21,27)(H,22,25). The SMILES string of the molecule is NC(=O)c1ccc(N2CCCCC2)c(NC(=O)CN2CCCCCC2=O)c1. The minimum Gasteiger partial charge on any atom is -0.370 e. The zero-order valence-electron chi connectivity index (χ0n) is 15.7. The van der Waals surface area contributed by atoms with Gasteiger partial charge in [0.1, 0.15) is 0 Å². The number of rotatable bonds is 5. The number of hydrogen-bond acceptors (Lipinski definition) is 4. The van der Waals surface area contributed by atoms with Crippen molar-refractivity contribution < 1.29 is 14.4 Å². The predicted octanol–water partition coefficient (Wildman–Crippen LogP) is 2.12. The van der Waals surface area contributed by atoms with Gasteiger partial charge in [0.05, 0.1) is 17.9 Å². The number of nitrogens with two attached hydrogens (primary N) is 1. The molecule has 2 fully saturated rings. The van der Waals surface area contributed by atoms with Crippen LogP contribution in [0, 0.1) is 0 Å². The Morgan fingerprint density at radius 3 is 2.44 bits per heavy atom. The molecule has 27 heavy (non-hydrogen) atoms. The van der Waals surface area contributed by atoms with E-state index in [2.05, 4.69) is 10.2 Å². The van der Waals surface area contributed by atoms with Crippen molar-refractivity contribution >= 4 is 29.1 Å². The molecule has 0 atom stereocenters. The van der Waals surface area contributed by atoms with E-state index < -0.39 is 5.91 Å². The van der Waals surface area contributed by atoms with E-state index in [-0.39, 0.29) is 18.4 Å². The maximum absolute atomic E-state index is 12.6. The molecule has 2 aliphatic heterocycles. The molecule has 146 valence electrons. The van der Waals surface area contributed by atoms with Gasteiger partial charge < -0.3 is 20.9 Å². The van der Waals surface area contributed by atoms with E-state index in [0.29, 0.717) is 24.2 Å². The summed E-state index contributed by atoms with van der Waals surface area (Å²) >= 11 is 0. The summed E-state index contributed by atoms with van der Waals surface area (Å²) < 4.78 is 0. The molecule has 2 aliphatic rings. The molecule has 1 aromatic carbocycles. The van der Waals surface area contributed by atoms with E-state index in [1.807, 2.05) is 6.07 Å². The summed E-state index contributed by atoms with van der Waals surface area (Å²) in [5.41, 5.74) is 7.25. The van der Waals surface area contributed by atoms with Gasteiger partial charge in [-0.05, 0) is 50.3 Å². The third-order valence-electron chi connectivity index (χ3n) is 5.26. The van der Waals surface area contributed by atoms with Crippen molar-refractivity contribution in [2.24, 2.45) is 5.73 Å². The number of piperidine rings is 1. The van der Waals surface area contributed by atoms with Crippen molar-refractivity contribution in [2.45, 2.75) is 44.9 Å². The molecule has 2 heterocycles. The third-order valence-corrected chi connectivity index (χ3v) is 5.26. The zero-order valence-corrected chi connectivity index (χ0v) is 15.7. The van der Waals surface area contributed by atoms with E-state index in [4.69, 9.17) is 5.73 Å². The van der Waals surface area contributed by atoms with Crippen molar-refractivity contribution in [1.82, 2.24) is 4.90 Å². The van der Waals surface area contributed by atoms with Gasteiger partial charge in [-0.25, -0.2) is 0 Å². The number of carbonyl (C=O) groups is 3. The highest BCUT2D eigenvalue weighted by atomic mass is 16.2. The minimum atomic E-state index is -0.529. The van der Waals surface area contributed by atoms with Crippen molar-refractivity contribution in [1.29, 1.82) is 0 Å². The van der Waals surface area contributed by atoms with E-state index in [1.54, 1.807) is 17.0 Å². The fourth-order valence-corrected chi connectivity index (χ4v) is 3.77. The summed E-state index contributed by atoms with van der Waals surface area (Å²) in [7, 11) is 0. The van der Waals surface area contributed by atoms with Crippen LogP contribution in [0.1, 0.15) is 55.3 Å². The lowest BCUT2D eigenvalue weighted by Gasteiger charge is -2.31. The Kier molecular flexibility index (Phi) is 6.32. The number of carbonyl (C=O) groups excluding carboxylic acids is 3. The van der Waals surface area contributed by atoms with Gasteiger partial charge in [-0.15, -0.1) is 0 Å². The number of primary amides is 1. The number of hydrogen-bond donors (Lipinski definition) is 2. The average Bonchev–Trinajstić information content (AvgIpc) is 2.86. The van der Waals surface area contributed by atoms with Crippen LogP contribution >= 0.6 is 0 Å². The maximum atomic E-state index is 12.6. The Hall–Kier alpha value is -2.57. The number of nitrogens with one attached hydrogen (secondary N) is 1. The molecule has 0 bridgehead atoms. The summed E-state index contributed by atoms with van der Waals surface area (Å²) in [5, 5.41) is 2.91. The molecular formula is C20H28N4O3. The van der Waals surface area contributed by atoms with Gasteiger partial charge >= 0.3 is 0 Å². The molecule has 2 saturated heterocycles. The Morgan fingerprint density at radius 2 is 1.70 bits per heavy atom. The van der Waals surface area contributed by atoms with Crippen molar-refractivity contribution in [3.05, 3.63) is 23.8 Å². The second kappa shape index (κ2) is 8.88. The third kappa shape index (κ3) is 4.99. The summed E-state index contributed by atoms with van der Waals surface area (Å²) in [5.74, 6) is -0.742. The van der Waals surface area contributed by atoms with Gasteiger partial charge in [-0.1, -0.05) is 6.42 Å². The number of nitrogens with zero attached hydrogens (tertiary/aromatic N) is 2. The van der Waals surface area contributed by atoms with Gasteiger partial charge in [0.15, 0.2) is 0 Å². The second-order valence-electron chi connectivity index (χ2n) is 7.32. The summed E-state index contributed by atoms with van der Waals surface area (Å²) in [4.78, 5) is 40.2. The number of benzene rings is 1. The molecular weight excluding hydrogens is 344 g/mol. The molecule has 0 unspecified atom stereocenters. The predicted molar refractivity (Wildman–Crippen MR) is 105 cm³/mol. The molecule has 0 aliphatic carbocycles. The molecule has 7 heteroatoms.